The number of amides is 1. The molecular weight excluding hydrogens is 338 g/mol. The maximum absolute atomic E-state index is 12.6. The monoisotopic (exact) mass is 357 g/mol. The average Bonchev–Trinajstić information content (AvgIpc) is 2.48. The summed E-state index contributed by atoms with van der Waals surface area (Å²) in [7, 11) is 0. The summed E-state index contributed by atoms with van der Waals surface area (Å²) in [6.45, 7) is 0.803. The van der Waals surface area contributed by atoms with E-state index in [4.69, 9.17) is 11.6 Å². The number of benzene rings is 1. The molecule has 2 nitrogen and oxygen atoms in total. The van der Waals surface area contributed by atoms with Gasteiger partial charge in [0.1, 0.15) is 0 Å². The smallest absolute Gasteiger partial charge is 0.227 e. The van der Waals surface area contributed by atoms with Crippen LogP contribution in [0.25, 0.3) is 0 Å². The molecule has 1 aromatic carbocycles. The molecule has 0 saturated heterocycles. The summed E-state index contributed by atoms with van der Waals surface area (Å²) in [6, 6.07) is 8.00. The Bertz CT molecular complexity index is 429. The number of carbonyl (C=O) groups is 1. The number of carbonyl (C=O) groups excluding carboxylic acids is 1. The summed E-state index contributed by atoms with van der Waals surface area (Å²) in [5.41, 5.74) is 1.04. The first-order chi connectivity index (χ1) is 9.70. The van der Waals surface area contributed by atoms with Gasteiger partial charge in [0.25, 0.3) is 0 Å². The van der Waals surface area contributed by atoms with Crippen LogP contribution in [0.3, 0.4) is 0 Å². The summed E-state index contributed by atoms with van der Waals surface area (Å²) >= 11 is 9.35. The van der Waals surface area contributed by atoms with Crippen molar-refractivity contribution in [2.75, 3.05) is 11.9 Å². The minimum atomic E-state index is 0.235. The number of nitrogens with zero attached hydrogens (tertiary/aromatic N) is 1. The van der Waals surface area contributed by atoms with E-state index in [1.54, 1.807) is 0 Å². The van der Waals surface area contributed by atoms with Gasteiger partial charge in [-0.2, -0.15) is 0 Å². The molecule has 0 heterocycles. The Morgan fingerprint density at radius 3 is 2.45 bits per heavy atom. The van der Waals surface area contributed by atoms with Gasteiger partial charge in [-0.05, 0) is 30.5 Å². The quantitative estimate of drug-likeness (QED) is 0.713. The van der Waals surface area contributed by atoms with Crippen molar-refractivity contribution >= 4 is 33.4 Å². The fourth-order valence-electron chi connectivity index (χ4n) is 2.87. The Morgan fingerprint density at radius 2 is 1.85 bits per heavy atom. The first kappa shape index (κ1) is 15.8. The van der Waals surface area contributed by atoms with Crippen molar-refractivity contribution in [2.24, 2.45) is 0 Å². The zero-order chi connectivity index (χ0) is 14.4. The molecular formula is C16H21BrClNO. The van der Waals surface area contributed by atoms with Crippen molar-refractivity contribution in [1.29, 1.82) is 0 Å². The van der Waals surface area contributed by atoms with Crippen molar-refractivity contribution in [3.8, 4) is 0 Å². The normalized spacial score (nSPS) is 16.1. The number of alkyl halides is 1. The summed E-state index contributed by atoms with van der Waals surface area (Å²) in [4.78, 5) is 14.6. The highest BCUT2D eigenvalue weighted by molar-refractivity contribution is 9.09. The molecule has 0 unspecified atom stereocenters. The van der Waals surface area contributed by atoms with Gasteiger partial charge in [0, 0.05) is 22.9 Å². The molecule has 110 valence electrons. The third-order valence-electron chi connectivity index (χ3n) is 3.93. The van der Waals surface area contributed by atoms with Crippen LogP contribution in [-0.4, -0.2) is 28.7 Å². The van der Waals surface area contributed by atoms with Gasteiger partial charge in [0.15, 0.2) is 0 Å². The van der Waals surface area contributed by atoms with Gasteiger partial charge in [0.05, 0.1) is 6.42 Å². The summed E-state index contributed by atoms with van der Waals surface area (Å²) in [5.74, 6) is 0.235. The Balaban J connectivity index is 2.00. The van der Waals surface area contributed by atoms with Crippen molar-refractivity contribution in [3.05, 3.63) is 34.9 Å². The highest BCUT2D eigenvalue weighted by atomic mass is 79.9. The lowest BCUT2D eigenvalue weighted by atomic mass is 9.94. The third-order valence-corrected chi connectivity index (χ3v) is 4.54. The van der Waals surface area contributed by atoms with E-state index in [0.717, 1.165) is 30.3 Å². The molecule has 0 atom stereocenters. The molecule has 1 aromatic rings. The summed E-state index contributed by atoms with van der Waals surface area (Å²) in [5, 5.41) is 1.56. The zero-order valence-electron chi connectivity index (χ0n) is 11.7. The van der Waals surface area contributed by atoms with Crippen LogP contribution in [0.1, 0.15) is 37.7 Å². The molecule has 0 spiro atoms. The zero-order valence-corrected chi connectivity index (χ0v) is 14.0. The van der Waals surface area contributed by atoms with Gasteiger partial charge in [-0.25, -0.2) is 0 Å². The van der Waals surface area contributed by atoms with Crippen molar-refractivity contribution < 1.29 is 4.79 Å². The van der Waals surface area contributed by atoms with Crippen LogP contribution in [-0.2, 0) is 11.2 Å². The molecule has 20 heavy (non-hydrogen) atoms. The average molecular weight is 359 g/mol. The highest BCUT2D eigenvalue weighted by Crippen LogP contribution is 2.23. The SMILES string of the molecule is O=C(Cc1ccc(Cl)cc1)N(CCBr)C1CCCCC1. The van der Waals surface area contributed by atoms with Crippen LogP contribution in [0.4, 0.5) is 0 Å². The van der Waals surface area contributed by atoms with E-state index in [0.29, 0.717) is 17.5 Å². The first-order valence-electron chi connectivity index (χ1n) is 7.30. The molecule has 1 saturated carbocycles. The second-order valence-electron chi connectivity index (χ2n) is 5.37. The van der Waals surface area contributed by atoms with Gasteiger partial charge in [-0.3, -0.25) is 4.79 Å². The van der Waals surface area contributed by atoms with Crippen LogP contribution in [0.15, 0.2) is 24.3 Å². The summed E-state index contributed by atoms with van der Waals surface area (Å²) < 4.78 is 0. The number of hydrogen-bond acceptors (Lipinski definition) is 1. The van der Waals surface area contributed by atoms with Gasteiger partial charge in [-0.1, -0.05) is 58.9 Å². The van der Waals surface area contributed by atoms with Gasteiger partial charge in [0.2, 0.25) is 5.91 Å². The Kier molecular flexibility index (Phi) is 6.37. The lowest BCUT2D eigenvalue weighted by Gasteiger charge is -2.34. The van der Waals surface area contributed by atoms with Gasteiger partial charge in [-0.15, -0.1) is 0 Å². The molecule has 0 radical (unpaired) electrons. The molecule has 1 aliphatic carbocycles. The topological polar surface area (TPSA) is 20.3 Å². The molecule has 1 fully saturated rings. The predicted octanol–water partition coefficient (Wildman–Crippen LogP) is 4.44. The number of hydrogen-bond donors (Lipinski definition) is 0. The largest absolute Gasteiger partial charge is 0.339 e. The standard InChI is InChI=1S/C16H21BrClNO/c17-10-11-19(15-4-2-1-3-5-15)16(20)12-13-6-8-14(18)9-7-13/h6-9,15H,1-5,10-12H2. The molecule has 0 aliphatic heterocycles. The molecule has 0 N–H and O–H groups in total. The van der Waals surface area contributed by atoms with Gasteiger partial charge < -0.3 is 4.90 Å². The second-order valence-corrected chi connectivity index (χ2v) is 6.60. The molecule has 2 rings (SSSR count). The Hall–Kier alpha value is -0.540. The van der Waals surface area contributed by atoms with E-state index in [2.05, 4.69) is 20.8 Å². The molecule has 0 bridgehead atoms. The van der Waals surface area contributed by atoms with Crippen LogP contribution in [0, 0.1) is 0 Å². The predicted molar refractivity (Wildman–Crippen MR) is 87.5 cm³/mol. The van der Waals surface area contributed by atoms with E-state index in [1.807, 2.05) is 24.3 Å². The minimum Gasteiger partial charge on any atom is -0.339 e. The fourth-order valence-corrected chi connectivity index (χ4v) is 3.38. The van der Waals surface area contributed by atoms with E-state index < -0.39 is 0 Å². The summed E-state index contributed by atoms with van der Waals surface area (Å²) in [6.07, 6.45) is 6.58. The molecule has 1 aliphatic rings. The first-order valence-corrected chi connectivity index (χ1v) is 8.80. The molecule has 4 heteroatoms. The van der Waals surface area contributed by atoms with Crippen LogP contribution in [0.2, 0.25) is 5.02 Å². The lowest BCUT2D eigenvalue weighted by Crippen LogP contribution is -2.43. The van der Waals surface area contributed by atoms with Crippen molar-refractivity contribution in [1.82, 2.24) is 4.90 Å². The van der Waals surface area contributed by atoms with Gasteiger partial charge >= 0.3 is 0 Å². The maximum Gasteiger partial charge on any atom is 0.227 e. The number of rotatable bonds is 5. The van der Waals surface area contributed by atoms with E-state index in [1.165, 1.54) is 19.3 Å². The highest BCUT2D eigenvalue weighted by Gasteiger charge is 2.24. The van der Waals surface area contributed by atoms with Crippen LogP contribution in [0.5, 0.6) is 0 Å². The van der Waals surface area contributed by atoms with E-state index in [9.17, 15) is 4.79 Å². The Morgan fingerprint density at radius 1 is 1.20 bits per heavy atom. The third kappa shape index (κ3) is 4.49. The second kappa shape index (κ2) is 8.04. The van der Waals surface area contributed by atoms with Crippen molar-refractivity contribution in [2.45, 2.75) is 44.6 Å². The van der Waals surface area contributed by atoms with E-state index >= 15 is 0 Å². The Labute approximate surface area is 134 Å². The lowest BCUT2D eigenvalue weighted by molar-refractivity contribution is -0.133. The minimum absolute atomic E-state index is 0.235. The van der Waals surface area contributed by atoms with Crippen molar-refractivity contribution in [3.63, 3.8) is 0 Å². The fraction of sp³-hybridized carbons (Fsp3) is 0.562. The van der Waals surface area contributed by atoms with E-state index in [-0.39, 0.29) is 5.91 Å². The number of halogens is 2. The van der Waals surface area contributed by atoms with Crippen LogP contribution >= 0.6 is 27.5 Å². The molecule has 0 aromatic heterocycles. The van der Waals surface area contributed by atoms with Crippen LogP contribution < -0.4 is 0 Å². The maximum atomic E-state index is 12.6. The molecule has 1 amide bonds.